The van der Waals surface area contributed by atoms with E-state index in [2.05, 4.69) is 5.32 Å². The summed E-state index contributed by atoms with van der Waals surface area (Å²) in [5.74, 6) is -1.71. The molecule has 0 saturated carbocycles. The lowest BCUT2D eigenvalue weighted by Crippen LogP contribution is -2.21. The van der Waals surface area contributed by atoms with E-state index in [1.54, 1.807) is 18.2 Å². The minimum atomic E-state index is -1.09. The highest BCUT2D eigenvalue weighted by molar-refractivity contribution is 5.96. The molecule has 0 heterocycles. The fraction of sp³-hybridized carbons (Fsp3) is 0.125. The van der Waals surface area contributed by atoms with E-state index in [0.717, 1.165) is 23.8 Å². The molecule has 134 valence electrons. The van der Waals surface area contributed by atoms with Gasteiger partial charge < -0.3 is 10.1 Å². The first-order valence-electron chi connectivity index (χ1n) is 7.24. The molecule has 26 heavy (non-hydrogen) atoms. The topological polar surface area (TPSA) is 142 Å². The number of hydrogen-bond donors (Lipinski definition) is 1. The van der Waals surface area contributed by atoms with Crippen LogP contribution in [0.15, 0.2) is 42.5 Å². The van der Waals surface area contributed by atoms with Crippen molar-refractivity contribution in [1.82, 2.24) is 0 Å². The van der Waals surface area contributed by atoms with Crippen LogP contribution in [0.3, 0.4) is 0 Å². The monoisotopic (exact) mass is 359 g/mol. The fourth-order valence-corrected chi connectivity index (χ4v) is 2.06. The summed E-state index contributed by atoms with van der Waals surface area (Å²) in [6.07, 6.45) is 0. The summed E-state index contributed by atoms with van der Waals surface area (Å²) in [5.41, 5.74) is -0.222. The molecule has 0 aliphatic rings. The Balaban J connectivity index is 2.06. The van der Waals surface area contributed by atoms with Gasteiger partial charge in [0.15, 0.2) is 6.61 Å². The SMILES string of the molecule is Cc1cccc(NC(=O)COC(=O)c2cc([N+](=O)[O-])cc([N+](=O)[O-])c2)c1. The molecule has 1 amide bonds. The molecule has 0 bridgehead atoms. The van der Waals surface area contributed by atoms with Crippen LogP contribution in [0.25, 0.3) is 0 Å². The summed E-state index contributed by atoms with van der Waals surface area (Å²) in [4.78, 5) is 43.7. The van der Waals surface area contributed by atoms with Crippen molar-refractivity contribution in [2.75, 3.05) is 11.9 Å². The number of rotatable bonds is 6. The van der Waals surface area contributed by atoms with E-state index in [-0.39, 0.29) is 0 Å². The zero-order chi connectivity index (χ0) is 19.3. The van der Waals surface area contributed by atoms with Crippen LogP contribution >= 0.6 is 0 Å². The number of nitrogens with one attached hydrogen (secondary N) is 1. The Morgan fingerprint density at radius 3 is 2.19 bits per heavy atom. The van der Waals surface area contributed by atoms with Gasteiger partial charge in [0.25, 0.3) is 17.3 Å². The second-order valence-electron chi connectivity index (χ2n) is 5.25. The van der Waals surface area contributed by atoms with E-state index in [9.17, 15) is 29.8 Å². The number of carbonyl (C=O) groups excluding carboxylic acids is 2. The van der Waals surface area contributed by atoms with Gasteiger partial charge >= 0.3 is 5.97 Å². The maximum absolute atomic E-state index is 12.0. The Hall–Kier alpha value is -3.82. The molecule has 10 nitrogen and oxygen atoms in total. The van der Waals surface area contributed by atoms with Gasteiger partial charge in [0, 0.05) is 17.8 Å². The summed E-state index contributed by atoms with van der Waals surface area (Å²) < 4.78 is 4.77. The molecule has 0 aliphatic heterocycles. The molecule has 0 aliphatic carbocycles. The molecular formula is C16H13N3O7. The van der Waals surface area contributed by atoms with Gasteiger partial charge in [-0.15, -0.1) is 0 Å². The first-order chi connectivity index (χ1) is 12.3. The van der Waals surface area contributed by atoms with Gasteiger partial charge in [-0.3, -0.25) is 25.0 Å². The van der Waals surface area contributed by atoms with E-state index < -0.39 is 45.3 Å². The number of aryl methyl sites for hydroxylation is 1. The number of hydrogen-bond acceptors (Lipinski definition) is 7. The van der Waals surface area contributed by atoms with Crippen molar-refractivity contribution in [3.05, 3.63) is 73.8 Å². The van der Waals surface area contributed by atoms with Crippen molar-refractivity contribution in [1.29, 1.82) is 0 Å². The second-order valence-corrected chi connectivity index (χ2v) is 5.25. The standard InChI is InChI=1S/C16H13N3O7/c1-10-3-2-4-12(5-10)17-15(20)9-26-16(21)11-6-13(18(22)23)8-14(7-11)19(24)25/h2-8H,9H2,1H3,(H,17,20). The molecule has 0 spiro atoms. The van der Waals surface area contributed by atoms with Crippen LogP contribution in [0.5, 0.6) is 0 Å². The van der Waals surface area contributed by atoms with Gasteiger partial charge in [0.1, 0.15) is 0 Å². The highest BCUT2D eigenvalue weighted by atomic mass is 16.6. The van der Waals surface area contributed by atoms with Crippen molar-refractivity contribution >= 4 is 28.9 Å². The number of amides is 1. The fourth-order valence-electron chi connectivity index (χ4n) is 2.06. The predicted molar refractivity (Wildman–Crippen MR) is 89.8 cm³/mol. The van der Waals surface area contributed by atoms with Gasteiger partial charge in [-0.05, 0) is 24.6 Å². The quantitative estimate of drug-likeness (QED) is 0.474. The van der Waals surface area contributed by atoms with E-state index in [1.807, 2.05) is 13.0 Å². The van der Waals surface area contributed by atoms with Crippen molar-refractivity contribution in [3.8, 4) is 0 Å². The summed E-state index contributed by atoms with van der Waals surface area (Å²) in [5, 5.41) is 24.1. The number of ether oxygens (including phenoxy) is 1. The second kappa shape index (κ2) is 7.83. The summed E-state index contributed by atoms with van der Waals surface area (Å²) in [6, 6.07) is 9.34. The molecular weight excluding hydrogens is 346 g/mol. The Morgan fingerprint density at radius 2 is 1.65 bits per heavy atom. The molecule has 0 aromatic heterocycles. The number of nitro groups is 2. The smallest absolute Gasteiger partial charge is 0.339 e. The highest BCUT2D eigenvalue weighted by Gasteiger charge is 2.21. The zero-order valence-electron chi connectivity index (χ0n) is 13.5. The summed E-state index contributed by atoms with van der Waals surface area (Å²) >= 11 is 0. The van der Waals surface area contributed by atoms with Crippen LogP contribution in [0.1, 0.15) is 15.9 Å². The number of carbonyl (C=O) groups is 2. The Morgan fingerprint density at radius 1 is 1.04 bits per heavy atom. The summed E-state index contributed by atoms with van der Waals surface area (Å²) in [6.45, 7) is 1.19. The molecule has 1 N–H and O–H groups in total. The van der Waals surface area contributed by atoms with Gasteiger partial charge in [0.2, 0.25) is 0 Å². The maximum atomic E-state index is 12.0. The van der Waals surface area contributed by atoms with Gasteiger partial charge in [0.05, 0.1) is 21.5 Å². The number of esters is 1. The first-order valence-corrected chi connectivity index (χ1v) is 7.24. The molecule has 0 radical (unpaired) electrons. The average molecular weight is 359 g/mol. The third-order valence-electron chi connectivity index (χ3n) is 3.20. The molecule has 10 heteroatoms. The average Bonchev–Trinajstić information content (AvgIpc) is 2.59. The zero-order valence-corrected chi connectivity index (χ0v) is 13.5. The lowest BCUT2D eigenvalue weighted by atomic mass is 10.2. The number of anilines is 1. The summed E-state index contributed by atoms with van der Waals surface area (Å²) in [7, 11) is 0. The van der Waals surface area contributed by atoms with Crippen LogP contribution < -0.4 is 5.32 Å². The number of non-ortho nitro benzene ring substituents is 2. The molecule has 0 unspecified atom stereocenters. The number of benzene rings is 2. The van der Waals surface area contributed by atoms with E-state index in [0.29, 0.717) is 5.69 Å². The van der Waals surface area contributed by atoms with Crippen LogP contribution in [0.4, 0.5) is 17.1 Å². The van der Waals surface area contributed by atoms with Crippen molar-refractivity contribution in [2.45, 2.75) is 6.92 Å². The molecule has 0 fully saturated rings. The van der Waals surface area contributed by atoms with Gasteiger partial charge in [-0.2, -0.15) is 0 Å². The molecule has 2 aromatic rings. The van der Waals surface area contributed by atoms with Crippen molar-refractivity contribution in [3.63, 3.8) is 0 Å². The predicted octanol–water partition coefficient (Wildman–Crippen LogP) is 2.61. The first kappa shape index (κ1) is 18.5. The number of nitro benzene ring substituents is 2. The highest BCUT2D eigenvalue weighted by Crippen LogP contribution is 2.23. The minimum absolute atomic E-state index is 0.394. The third-order valence-corrected chi connectivity index (χ3v) is 3.20. The molecule has 0 atom stereocenters. The Bertz CT molecular complexity index is 863. The van der Waals surface area contributed by atoms with Gasteiger partial charge in [-0.25, -0.2) is 4.79 Å². The molecule has 2 rings (SSSR count). The van der Waals surface area contributed by atoms with Crippen molar-refractivity contribution < 1.29 is 24.2 Å². The van der Waals surface area contributed by atoms with Crippen LogP contribution in [-0.2, 0) is 9.53 Å². The van der Waals surface area contributed by atoms with E-state index >= 15 is 0 Å². The van der Waals surface area contributed by atoms with Crippen LogP contribution in [0, 0.1) is 27.2 Å². The van der Waals surface area contributed by atoms with Crippen LogP contribution in [-0.4, -0.2) is 28.3 Å². The normalized spacial score (nSPS) is 10.0. The third kappa shape index (κ3) is 4.84. The van der Waals surface area contributed by atoms with E-state index in [4.69, 9.17) is 4.74 Å². The molecule has 0 saturated heterocycles. The van der Waals surface area contributed by atoms with Crippen molar-refractivity contribution in [2.24, 2.45) is 0 Å². The number of nitrogens with zero attached hydrogens (tertiary/aromatic N) is 2. The lowest BCUT2D eigenvalue weighted by Gasteiger charge is -2.07. The lowest BCUT2D eigenvalue weighted by molar-refractivity contribution is -0.394. The maximum Gasteiger partial charge on any atom is 0.339 e. The Labute approximate surface area is 146 Å². The largest absolute Gasteiger partial charge is 0.452 e. The van der Waals surface area contributed by atoms with Gasteiger partial charge in [-0.1, -0.05) is 12.1 Å². The van der Waals surface area contributed by atoms with Crippen LogP contribution in [0.2, 0.25) is 0 Å². The Kier molecular flexibility index (Phi) is 5.58. The molecule has 2 aromatic carbocycles. The minimum Gasteiger partial charge on any atom is -0.452 e. The van der Waals surface area contributed by atoms with E-state index in [1.165, 1.54) is 0 Å².